The molecule has 88 valence electrons. The second-order valence-electron chi connectivity index (χ2n) is 4.24. The Morgan fingerprint density at radius 3 is 3.12 bits per heavy atom. The highest BCUT2D eigenvalue weighted by Gasteiger charge is 2.25. The van der Waals surface area contributed by atoms with E-state index in [1.807, 2.05) is 24.0 Å². The van der Waals surface area contributed by atoms with Crippen LogP contribution in [0.2, 0.25) is 0 Å². The Balaban J connectivity index is 2.21. The van der Waals surface area contributed by atoms with E-state index in [2.05, 4.69) is 29.8 Å². The first-order valence-electron chi connectivity index (χ1n) is 5.75. The van der Waals surface area contributed by atoms with Gasteiger partial charge < -0.3 is 10.6 Å². The highest BCUT2D eigenvalue weighted by Crippen LogP contribution is 2.27. The van der Waals surface area contributed by atoms with Crippen molar-refractivity contribution in [2.75, 3.05) is 17.2 Å². The molecule has 0 radical (unpaired) electrons. The summed E-state index contributed by atoms with van der Waals surface area (Å²) in [7, 11) is 0. The third kappa shape index (κ3) is 2.33. The van der Waals surface area contributed by atoms with Crippen LogP contribution in [0.25, 0.3) is 0 Å². The van der Waals surface area contributed by atoms with Crippen molar-refractivity contribution in [1.29, 1.82) is 0 Å². The quantitative estimate of drug-likeness (QED) is 0.852. The Hall–Kier alpha value is -0.740. The Labute approximate surface area is 101 Å². The standard InChI is InChI=1S/C12H19N3S/c1-9-10(2)16-6-5-15(9)12-7-11(8-13)3-4-14-12/h3-4,7,9-10H,5-6,8,13H2,1-2H3. The number of hydrogen-bond donors (Lipinski definition) is 1. The lowest BCUT2D eigenvalue weighted by Crippen LogP contribution is -2.45. The van der Waals surface area contributed by atoms with E-state index in [1.165, 1.54) is 5.75 Å². The number of thioether (sulfide) groups is 1. The van der Waals surface area contributed by atoms with E-state index < -0.39 is 0 Å². The van der Waals surface area contributed by atoms with Gasteiger partial charge in [-0.15, -0.1) is 0 Å². The maximum Gasteiger partial charge on any atom is 0.129 e. The summed E-state index contributed by atoms with van der Waals surface area (Å²) in [6.45, 7) is 6.22. The van der Waals surface area contributed by atoms with Crippen LogP contribution in [-0.4, -0.2) is 28.6 Å². The summed E-state index contributed by atoms with van der Waals surface area (Å²) in [5, 5.41) is 0.664. The molecule has 2 N–H and O–H groups in total. The van der Waals surface area contributed by atoms with Gasteiger partial charge in [-0.2, -0.15) is 11.8 Å². The van der Waals surface area contributed by atoms with E-state index >= 15 is 0 Å². The first-order valence-corrected chi connectivity index (χ1v) is 6.80. The van der Waals surface area contributed by atoms with Crippen LogP contribution in [0.1, 0.15) is 19.4 Å². The SMILES string of the molecule is CC1SCCN(c2cc(CN)ccn2)C1C. The van der Waals surface area contributed by atoms with Crippen LogP contribution >= 0.6 is 11.8 Å². The van der Waals surface area contributed by atoms with E-state index in [1.54, 1.807) is 0 Å². The zero-order valence-corrected chi connectivity index (χ0v) is 10.7. The molecule has 16 heavy (non-hydrogen) atoms. The smallest absolute Gasteiger partial charge is 0.129 e. The second kappa shape index (κ2) is 5.06. The summed E-state index contributed by atoms with van der Waals surface area (Å²) < 4.78 is 0. The molecule has 2 unspecified atom stereocenters. The molecule has 0 bridgehead atoms. The zero-order valence-electron chi connectivity index (χ0n) is 9.89. The molecule has 0 spiro atoms. The van der Waals surface area contributed by atoms with E-state index in [9.17, 15) is 0 Å². The molecule has 1 saturated heterocycles. The number of anilines is 1. The molecule has 0 aliphatic carbocycles. The van der Waals surface area contributed by atoms with Gasteiger partial charge in [0.25, 0.3) is 0 Å². The van der Waals surface area contributed by atoms with Crippen molar-refractivity contribution in [3.05, 3.63) is 23.9 Å². The fraction of sp³-hybridized carbons (Fsp3) is 0.583. The summed E-state index contributed by atoms with van der Waals surface area (Å²) in [5.74, 6) is 2.25. The van der Waals surface area contributed by atoms with Gasteiger partial charge in [-0.05, 0) is 24.6 Å². The third-order valence-corrected chi connectivity index (χ3v) is 4.56. The molecule has 0 aromatic carbocycles. The molecule has 3 nitrogen and oxygen atoms in total. The predicted molar refractivity (Wildman–Crippen MR) is 70.9 cm³/mol. The molecule has 2 heterocycles. The van der Waals surface area contributed by atoms with Gasteiger partial charge in [0.05, 0.1) is 0 Å². The van der Waals surface area contributed by atoms with Crippen molar-refractivity contribution in [2.24, 2.45) is 5.73 Å². The number of nitrogens with two attached hydrogens (primary N) is 1. The molecular weight excluding hydrogens is 218 g/mol. The first-order chi connectivity index (χ1) is 7.72. The first kappa shape index (κ1) is 11.7. The predicted octanol–water partition coefficient (Wildman–Crippen LogP) is 1.87. The molecule has 0 amide bonds. The molecule has 4 heteroatoms. The van der Waals surface area contributed by atoms with Crippen LogP contribution < -0.4 is 10.6 Å². The lowest BCUT2D eigenvalue weighted by molar-refractivity contribution is 0.620. The molecule has 2 atom stereocenters. The van der Waals surface area contributed by atoms with Gasteiger partial charge in [0.2, 0.25) is 0 Å². The number of nitrogens with zero attached hydrogens (tertiary/aromatic N) is 2. The van der Waals surface area contributed by atoms with Gasteiger partial charge >= 0.3 is 0 Å². The van der Waals surface area contributed by atoms with Crippen molar-refractivity contribution in [2.45, 2.75) is 31.7 Å². The van der Waals surface area contributed by atoms with Gasteiger partial charge in [-0.3, -0.25) is 0 Å². The van der Waals surface area contributed by atoms with E-state index in [-0.39, 0.29) is 0 Å². The maximum absolute atomic E-state index is 5.66. The minimum absolute atomic E-state index is 0.541. The molecule has 1 aromatic heterocycles. The lowest BCUT2D eigenvalue weighted by Gasteiger charge is -2.38. The second-order valence-corrected chi connectivity index (χ2v) is 5.72. The molecule has 1 aromatic rings. The molecule has 2 rings (SSSR count). The Kier molecular flexibility index (Phi) is 3.71. The van der Waals surface area contributed by atoms with Gasteiger partial charge in [0, 0.05) is 36.3 Å². The molecular formula is C12H19N3S. The van der Waals surface area contributed by atoms with Crippen LogP contribution in [-0.2, 0) is 6.54 Å². The van der Waals surface area contributed by atoms with Crippen molar-refractivity contribution in [3.8, 4) is 0 Å². The van der Waals surface area contributed by atoms with Crippen LogP contribution in [0.5, 0.6) is 0 Å². The van der Waals surface area contributed by atoms with E-state index in [0.29, 0.717) is 17.8 Å². The van der Waals surface area contributed by atoms with Gasteiger partial charge in [-0.25, -0.2) is 4.98 Å². The average Bonchev–Trinajstić information content (AvgIpc) is 2.33. The highest BCUT2D eigenvalue weighted by molar-refractivity contribution is 8.00. The van der Waals surface area contributed by atoms with Crippen molar-refractivity contribution in [3.63, 3.8) is 0 Å². The van der Waals surface area contributed by atoms with Gasteiger partial charge in [-0.1, -0.05) is 6.92 Å². The minimum atomic E-state index is 0.541. The maximum atomic E-state index is 5.66. The number of hydrogen-bond acceptors (Lipinski definition) is 4. The lowest BCUT2D eigenvalue weighted by atomic mass is 10.2. The largest absolute Gasteiger partial charge is 0.352 e. The fourth-order valence-electron chi connectivity index (χ4n) is 2.00. The van der Waals surface area contributed by atoms with Crippen molar-refractivity contribution >= 4 is 17.6 Å². The van der Waals surface area contributed by atoms with E-state index in [4.69, 9.17) is 5.73 Å². The van der Waals surface area contributed by atoms with Gasteiger partial charge in [0.15, 0.2) is 0 Å². The summed E-state index contributed by atoms with van der Waals surface area (Å²) in [6.07, 6.45) is 1.86. The summed E-state index contributed by atoms with van der Waals surface area (Å²) in [6, 6.07) is 4.63. The third-order valence-electron chi connectivity index (χ3n) is 3.22. The molecule has 1 aliphatic rings. The van der Waals surface area contributed by atoms with Crippen LogP contribution in [0.3, 0.4) is 0 Å². The van der Waals surface area contributed by atoms with Crippen molar-refractivity contribution in [1.82, 2.24) is 4.98 Å². The zero-order chi connectivity index (χ0) is 11.5. The van der Waals surface area contributed by atoms with E-state index in [0.717, 1.165) is 17.9 Å². The van der Waals surface area contributed by atoms with Crippen LogP contribution in [0.15, 0.2) is 18.3 Å². The monoisotopic (exact) mass is 237 g/mol. The number of rotatable bonds is 2. The summed E-state index contributed by atoms with van der Waals surface area (Å²) >= 11 is 2.04. The van der Waals surface area contributed by atoms with Crippen molar-refractivity contribution < 1.29 is 0 Å². The van der Waals surface area contributed by atoms with Crippen LogP contribution in [0, 0.1) is 0 Å². The average molecular weight is 237 g/mol. The fourth-order valence-corrected chi connectivity index (χ4v) is 3.10. The molecule has 0 saturated carbocycles. The molecule has 1 aliphatic heterocycles. The normalized spacial score (nSPS) is 25.8. The van der Waals surface area contributed by atoms with Gasteiger partial charge in [0.1, 0.15) is 5.82 Å². The summed E-state index contributed by atoms with van der Waals surface area (Å²) in [5.41, 5.74) is 6.82. The minimum Gasteiger partial charge on any atom is -0.352 e. The Bertz CT molecular complexity index is 356. The van der Waals surface area contributed by atoms with Crippen LogP contribution in [0.4, 0.5) is 5.82 Å². The Morgan fingerprint density at radius 2 is 2.38 bits per heavy atom. The summed E-state index contributed by atoms with van der Waals surface area (Å²) in [4.78, 5) is 6.85. The Morgan fingerprint density at radius 1 is 1.56 bits per heavy atom. The topological polar surface area (TPSA) is 42.1 Å². The number of pyridine rings is 1. The highest BCUT2D eigenvalue weighted by atomic mass is 32.2. The number of aromatic nitrogens is 1. The molecule has 1 fully saturated rings.